The lowest BCUT2D eigenvalue weighted by atomic mass is 10.2. The van der Waals surface area contributed by atoms with E-state index < -0.39 is 11.7 Å². The van der Waals surface area contributed by atoms with Crippen molar-refractivity contribution >= 4 is 23.5 Å². The van der Waals surface area contributed by atoms with Crippen LogP contribution in [-0.2, 0) is 13.1 Å². The molecule has 0 saturated carbocycles. The third kappa shape index (κ3) is 2.66. The number of thioether (sulfide) groups is 1. The minimum absolute atomic E-state index is 0.0782. The van der Waals surface area contributed by atoms with E-state index in [0.717, 1.165) is 18.9 Å². The van der Waals surface area contributed by atoms with E-state index in [1.807, 2.05) is 10.8 Å². The molecule has 0 saturated heterocycles. The van der Waals surface area contributed by atoms with Crippen molar-refractivity contribution in [3.05, 3.63) is 41.6 Å². The summed E-state index contributed by atoms with van der Waals surface area (Å²) >= 11 is 1.35. The van der Waals surface area contributed by atoms with E-state index in [9.17, 15) is 9.18 Å². The summed E-state index contributed by atoms with van der Waals surface area (Å²) in [7, 11) is 0. The Morgan fingerprint density at radius 1 is 1.52 bits per heavy atom. The predicted molar refractivity (Wildman–Crippen MR) is 80.1 cm³/mol. The van der Waals surface area contributed by atoms with Gasteiger partial charge in [0.2, 0.25) is 0 Å². The smallest absolute Gasteiger partial charge is 0.260 e. The monoisotopic (exact) mass is 306 g/mol. The number of hydrogen-bond donors (Lipinski definition) is 2. The molecule has 1 aromatic heterocycles. The molecule has 2 aromatic rings. The van der Waals surface area contributed by atoms with Crippen molar-refractivity contribution in [2.75, 3.05) is 18.1 Å². The van der Waals surface area contributed by atoms with Gasteiger partial charge in [-0.25, -0.2) is 9.37 Å². The molecule has 110 valence electrons. The molecule has 0 bridgehead atoms. The lowest BCUT2D eigenvalue weighted by Gasteiger charge is -2.18. The molecule has 0 atom stereocenters. The molecule has 0 radical (unpaired) electrons. The molecule has 7 heteroatoms. The molecular weight excluding hydrogens is 291 g/mol. The number of benzene rings is 1. The van der Waals surface area contributed by atoms with E-state index in [2.05, 4.69) is 15.6 Å². The van der Waals surface area contributed by atoms with Crippen molar-refractivity contribution in [1.29, 1.82) is 0 Å². The second-order valence-corrected chi connectivity index (χ2v) is 5.51. The maximum atomic E-state index is 13.9. The second kappa shape index (κ2) is 5.87. The van der Waals surface area contributed by atoms with E-state index in [-0.39, 0.29) is 5.56 Å². The molecule has 1 amide bonds. The molecule has 0 aliphatic carbocycles. The van der Waals surface area contributed by atoms with Gasteiger partial charge in [0.1, 0.15) is 17.5 Å². The Labute approximate surface area is 125 Å². The van der Waals surface area contributed by atoms with Crippen molar-refractivity contribution in [3.63, 3.8) is 0 Å². The van der Waals surface area contributed by atoms with Gasteiger partial charge in [-0.2, -0.15) is 0 Å². The van der Waals surface area contributed by atoms with Gasteiger partial charge in [0.05, 0.1) is 18.3 Å². The lowest BCUT2D eigenvalue weighted by molar-refractivity contribution is 0.101. The van der Waals surface area contributed by atoms with Crippen molar-refractivity contribution in [1.82, 2.24) is 14.9 Å². The van der Waals surface area contributed by atoms with E-state index in [1.165, 1.54) is 17.8 Å². The van der Waals surface area contributed by atoms with Gasteiger partial charge in [-0.15, -0.1) is 11.8 Å². The fourth-order valence-corrected chi connectivity index (χ4v) is 2.98. The summed E-state index contributed by atoms with van der Waals surface area (Å²) in [5, 5.41) is 5.97. The first-order valence-corrected chi connectivity index (χ1v) is 7.82. The lowest BCUT2D eigenvalue weighted by Crippen LogP contribution is -2.29. The highest BCUT2D eigenvalue weighted by Gasteiger charge is 2.20. The Kier molecular flexibility index (Phi) is 3.94. The minimum Gasteiger partial charge on any atom is -0.312 e. The molecule has 0 fully saturated rings. The Balaban J connectivity index is 1.89. The molecule has 0 unspecified atom stereocenters. The largest absolute Gasteiger partial charge is 0.312 e. The van der Waals surface area contributed by atoms with Crippen molar-refractivity contribution in [3.8, 4) is 0 Å². The number of nitrogens with zero attached hydrogens (tertiary/aromatic N) is 2. The highest BCUT2D eigenvalue weighted by molar-refractivity contribution is 7.98. The average molecular weight is 306 g/mol. The van der Waals surface area contributed by atoms with Crippen molar-refractivity contribution in [2.24, 2.45) is 0 Å². The minimum atomic E-state index is -0.514. The summed E-state index contributed by atoms with van der Waals surface area (Å²) in [6.45, 7) is 2.23. The number of nitrogens with one attached hydrogen (secondary N) is 2. The van der Waals surface area contributed by atoms with Crippen LogP contribution in [0.4, 0.5) is 10.2 Å². The summed E-state index contributed by atoms with van der Waals surface area (Å²) in [6.07, 6.45) is 3.43. The Morgan fingerprint density at radius 2 is 2.38 bits per heavy atom. The fourth-order valence-electron chi connectivity index (χ4n) is 2.37. The summed E-state index contributed by atoms with van der Waals surface area (Å²) in [5.41, 5.74) is 0.0782. The highest BCUT2D eigenvalue weighted by atomic mass is 32.2. The van der Waals surface area contributed by atoms with Crippen LogP contribution in [0.1, 0.15) is 16.2 Å². The summed E-state index contributed by atoms with van der Waals surface area (Å²) in [4.78, 5) is 17.3. The van der Waals surface area contributed by atoms with Crippen LogP contribution in [0.3, 0.4) is 0 Å². The first kappa shape index (κ1) is 14.1. The first-order valence-electron chi connectivity index (χ1n) is 6.59. The van der Waals surface area contributed by atoms with Crippen molar-refractivity contribution < 1.29 is 9.18 Å². The molecule has 0 spiro atoms. The number of fused-ring (bicyclic) bond motifs is 1. The van der Waals surface area contributed by atoms with Gasteiger partial charge in [0.15, 0.2) is 0 Å². The number of hydrogen-bond acceptors (Lipinski definition) is 4. The fraction of sp³-hybridized carbons (Fsp3) is 0.286. The van der Waals surface area contributed by atoms with Crippen LogP contribution in [0, 0.1) is 5.82 Å². The van der Waals surface area contributed by atoms with E-state index >= 15 is 0 Å². The molecule has 2 N–H and O–H groups in total. The number of imidazole rings is 1. The summed E-state index contributed by atoms with van der Waals surface area (Å²) in [6, 6.07) is 4.63. The SMILES string of the molecule is CSc1cccc(F)c1C(=O)Nc1cnc2n1CCNC2. The van der Waals surface area contributed by atoms with Crippen LogP contribution < -0.4 is 10.6 Å². The van der Waals surface area contributed by atoms with E-state index in [0.29, 0.717) is 17.3 Å². The summed E-state index contributed by atoms with van der Waals surface area (Å²) in [5.74, 6) is 0.514. The second-order valence-electron chi connectivity index (χ2n) is 4.66. The number of carbonyl (C=O) groups is 1. The highest BCUT2D eigenvalue weighted by Crippen LogP contribution is 2.24. The average Bonchev–Trinajstić information content (AvgIpc) is 2.90. The quantitative estimate of drug-likeness (QED) is 0.853. The molecule has 1 aliphatic heterocycles. The first-order chi connectivity index (χ1) is 10.2. The molecule has 1 aromatic carbocycles. The number of anilines is 1. The predicted octanol–water partition coefficient (Wildman–Crippen LogP) is 2.10. The number of aromatic nitrogens is 2. The molecule has 3 rings (SSSR count). The van der Waals surface area contributed by atoms with Crippen LogP contribution in [-0.4, -0.2) is 28.3 Å². The van der Waals surface area contributed by atoms with Crippen molar-refractivity contribution in [2.45, 2.75) is 18.0 Å². The molecule has 2 heterocycles. The van der Waals surface area contributed by atoms with Gasteiger partial charge >= 0.3 is 0 Å². The zero-order valence-corrected chi connectivity index (χ0v) is 12.3. The van der Waals surface area contributed by atoms with Gasteiger partial charge in [-0.05, 0) is 18.4 Å². The van der Waals surface area contributed by atoms with Gasteiger partial charge < -0.3 is 15.2 Å². The maximum absolute atomic E-state index is 13.9. The number of carbonyl (C=O) groups excluding carboxylic acids is 1. The van der Waals surface area contributed by atoms with E-state index in [4.69, 9.17) is 0 Å². The summed E-state index contributed by atoms with van der Waals surface area (Å²) < 4.78 is 15.9. The normalized spacial score (nSPS) is 13.8. The van der Waals surface area contributed by atoms with Gasteiger partial charge in [-0.1, -0.05) is 6.07 Å². The van der Waals surface area contributed by atoms with Crippen LogP contribution in [0.2, 0.25) is 0 Å². The molecule has 21 heavy (non-hydrogen) atoms. The Hall–Kier alpha value is -1.86. The number of amides is 1. The van der Waals surface area contributed by atoms with Crippen LogP contribution in [0.25, 0.3) is 0 Å². The molecule has 1 aliphatic rings. The Bertz CT molecular complexity index is 686. The maximum Gasteiger partial charge on any atom is 0.260 e. The zero-order chi connectivity index (χ0) is 14.8. The zero-order valence-electron chi connectivity index (χ0n) is 11.5. The van der Waals surface area contributed by atoms with Gasteiger partial charge in [0, 0.05) is 18.0 Å². The van der Waals surface area contributed by atoms with Gasteiger partial charge in [0.25, 0.3) is 5.91 Å². The Morgan fingerprint density at radius 3 is 3.19 bits per heavy atom. The van der Waals surface area contributed by atoms with Crippen LogP contribution in [0.15, 0.2) is 29.3 Å². The topological polar surface area (TPSA) is 59.0 Å². The van der Waals surface area contributed by atoms with Crippen LogP contribution in [0.5, 0.6) is 0 Å². The third-order valence-corrected chi connectivity index (χ3v) is 4.18. The molecule has 5 nitrogen and oxygen atoms in total. The van der Waals surface area contributed by atoms with E-state index in [1.54, 1.807) is 18.3 Å². The number of halogens is 1. The number of rotatable bonds is 3. The van der Waals surface area contributed by atoms with Crippen LogP contribution >= 0.6 is 11.8 Å². The standard InChI is InChI=1S/C14H15FN4OS/c1-21-10-4-2-3-9(15)13(10)14(20)18-12-8-17-11-7-16-5-6-19(11)12/h2-4,8,16H,5-7H2,1H3,(H,18,20). The molecular formula is C14H15FN4OS. The van der Waals surface area contributed by atoms with Gasteiger partial charge in [-0.3, -0.25) is 4.79 Å². The third-order valence-electron chi connectivity index (χ3n) is 3.40.